The van der Waals surface area contributed by atoms with E-state index in [4.69, 9.17) is 0 Å². The largest absolute Gasteiger partial charge is 0.497 e. The van der Waals surface area contributed by atoms with Gasteiger partial charge in [0, 0.05) is 0 Å². The fourth-order valence-corrected chi connectivity index (χ4v) is 0.917. The number of rotatable bonds is 2. The quantitative estimate of drug-likeness (QED) is 0.630. The molecule has 0 aromatic heterocycles. The van der Waals surface area contributed by atoms with Crippen LogP contribution in [0.2, 0.25) is 0 Å². The molecule has 0 aliphatic heterocycles. The van der Waals surface area contributed by atoms with Gasteiger partial charge in [-0.05, 0) is 6.42 Å². The van der Waals surface area contributed by atoms with E-state index in [-0.39, 0.29) is 6.42 Å². The molecular weight excluding hydrogens is 169 g/mol. The number of alkyl halides is 3. The summed E-state index contributed by atoms with van der Waals surface area (Å²) in [6, 6.07) is 0. The zero-order chi connectivity index (χ0) is 8.41. The van der Waals surface area contributed by atoms with Crippen molar-refractivity contribution < 1.29 is 21.6 Å². The number of hydrogen-bond acceptors (Lipinski definition) is 2. The van der Waals surface area contributed by atoms with Crippen molar-refractivity contribution in [2.45, 2.75) is 11.9 Å². The lowest BCUT2D eigenvalue weighted by atomic mass is 10.6. The van der Waals surface area contributed by atoms with E-state index in [1.807, 2.05) is 0 Å². The van der Waals surface area contributed by atoms with Crippen LogP contribution in [0.15, 0.2) is 0 Å². The standard InChI is InChI=1S/C4H6F3O2S/c1-2-3-10(8,9)4(5,6)7/h1-3H2. The highest BCUT2D eigenvalue weighted by Gasteiger charge is 2.44. The Kier molecular flexibility index (Phi) is 2.70. The summed E-state index contributed by atoms with van der Waals surface area (Å²) in [6.07, 6.45) is -0.262. The van der Waals surface area contributed by atoms with Crippen LogP contribution in [0.1, 0.15) is 6.42 Å². The van der Waals surface area contributed by atoms with Gasteiger partial charge in [-0.15, -0.1) is 0 Å². The molecule has 0 bridgehead atoms. The molecule has 0 atom stereocenters. The first-order valence-electron chi connectivity index (χ1n) is 2.39. The molecule has 6 heteroatoms. The summed E-state index contributed by atoms with van der Waals surface area (Å²) in [7, 11) is -4.91. The van der Waals surface area contributed by atoms with E-state index in [1.165, 1.54) is 0 Å². The monoisotopic (exact) mass is 175 g/mol. The van der Waals surface area contributed by atoms with E-state index in [0.29, 0.717) is 0 Å². The Morgan fingerprint density at radius 3 is 1.80 bits per heavy atom. The first-order chi connectivity index (χ1) is 4.31. The molecule has 0 fully saturated rings. The van der Waals surface area contributed by atoms with Crippen molar-refractivity contribution in [2.75, 3.05) is 5.75 Å². The molecule has 0 N–H and O–H groups in total. The van der Waals surface area contributed by atoms with Crippen LogP contribution in [-0.2, 0) is 9.84 Å². The summed E-state index contributed by atoms with van der Waals surface area (Å²) in [5.74, 6) is -0.934. The molecule has 10 heavy (non-hydrogen) atoms. The molecule has 0 aromatic carbocycles. The molecule has 0 unspecified atom stereocenters. The zero-order valence-electron chi connectivity index (χ0n) is 4.98. The van der Waals surface area contributed by atoms with Crippen molar-refractivity contribution in [2.24, 2.45) is 0 Å². The first kappa shape index (κ1) is 9.74. The average molecular weight is 175 g/mol. The van der Waals surface area contributed by atoms with Gasteiger partial charge in [-0.25, -0.2) is 8.42 Å². The maximum atomic E-state index is 11.4. The van der Waals surface area contributed by atoms with Gasteiger partial charge in [0.15, 0.2) is 0 Å². The zero-order valence-corrected chi connectivity index (χ0v) is 5.80. The fraction of sp³-hybridized carbons (Fsp3) is 0.750. The van der Waals surface area contributed by atoms with E-state index in [9.17, 15) is 21.6 Å². The molecule has 0 saturated heterocycles. The maximum absolute atomic E-state index is 11.4. The minimum atomic E-state index is -5.12. The topological polar surface area (TPSA) is 34.1 Å². The number of halogens is 3. The van der Waals surface area contributed by atoms with Gasteiger partial charge in [0.25, 0.3) is 0 Å². The molecule has 0 rings (SSSR count). The second-order valence-corrected chi connectivity index (χ2v) is 3.72. The molecular formula is C4H6F3O2S. The van der Waals surface area contributed by atoms with Gasteiger partial charge in [0.1, 0.15) is 0 Å². The molecule has 0 spiro atoms. The van der Waals surface area contributed by atoms with Crippen LogP contribution in [-0.4, -0.2) is 19.7 Å². The van der Waals surface area contributed by atoms with Crippen molar-refractivity contribution in [3.05, 3.63) is 6.92 Å². The molecule has 0 amide bonds. The Balaban J connectivity index is 4.44. The summed E-state index contributed by atoms with van der Waals surface area (Å²) in [5.41, 5.74) is -5.12. The first-order valence-corrected chi connectivity index (χ1v) is 4.05. The van der Waals surface area contributed by atoms with Crippen LogP contribution < -0.4 is 0 Å². The lowest BCUT2D eigenvalue weighted by molar-refractivity contribution is -0.0435. The van der Waals surface area contributed by atoms with Crippen LogP contribution in [0.25, 0.3) is 0 Å². The highest BCUT2D eigenvalue weighted by molar-refractivity contribution is 7.92. The third-order valence-electron chi connectivity index (χ3n) is 0.766. The normalized spacial score (nSPS) is 13.6. The molecule has 0 saturated carbocycles. The lowest BCUT2D eigenvalue weighted by Crippen LogP contribution is -2.25. The third-order valence-corrected chi connectivity index (χ3v) is 2.30. The van der Waals surface area contributed by atoms with Crippen molar-refractivity contribution in [1.29, 1.82) is 0 Å². The summed E-state index contributed by atoms with van der Waals surface area (Å²) < 4.78 is 54.4. The Bertz CT molecular complexity index is 191. The predicted molar refractivity (Wildman–Crippen MR) is 29.8 cm³/mol. The van der Waals surface area contributed by atoms with Crippen molar-refractivity contribution in [1.82, 2.24) is 0 Å². The number of hydrogen-bond donors (Lipinski definition) is 0. The van der Waals surface area contributed by atoms with Crippen LogP contribution in [0, 0.1) is 6.92 Å². The summed E-state index contributed by atoms with van der Waals surface area (Å²) in [5, 5.41) is 0. The van der Waals surface area contributed by atoms with Gasteiger partial charge in [0.05, 0.1) is 5.75 Å². The predicted octanol–water partition coefficient (Wildman–Crippen LogP) is 1.15. The Hall–Kier alpha value is -0.260. The van der Waals surface area contributed by atoms with E-state index < -0.39 is 21.1 Å². The minimum Gasteiger partial charge on any atom is -0.220 e. The highest BCUT2D eigenvalue weighted by atomic mass is 32.2. The maximum Gasteiger partial charge on any atom is 0.497 e. The Morgan fingerprint density at radius 2 is 1.70 bits per heavy atom. The van der Waals surface area contributed by atoms with Crippen LogP contribution in [0.3, 0.4) is 0 Å². The molecule has 0 aliphatic rings. The Labute approximate surface area is 57.0 Å². The second kappa shape index (κ2) is 2.77. The van der Waals surface area contributed by atoms with Crippen LogP contribution in [0.4, 0.5) is 13.2 Å². The molecule has 0 aromatic rings. The van der Waals surface area contributed by atoms with Gasteiger partial charge in [-0.3, -0.25) is 0 Å². The summed E-state index contributed by atoms with van der Waals surface area (Å²) in [6.45, 7) is 3.01. The number of sulfone groups is 1. The molecule has 0 heterocycles. The van der Waals surface area contributed by atoms with E-state index in [1.54, 1.807) is 0 Å². The summed E-state index contributed by atoms with van der Waals surface area (Å²) in [4.78, 5) is 0. The lowest BCUT2D eigenvalue weighted by Gasteiger charge is -2.04. The van der Waals surface area contributed by atoms with E-state index >= 15 is 0 Å². The van der Waals surface area contributed by atoms with E-state index in [2.05, 4.69) is 6.92 Å². The van der Waals surface area contributed by atoms with Crippen molar-refractivity contribution in [3.63, 3.8) is 0 Å². The smallest absolute Gasteiger partial charge is 0.220 e. The van der Waals surface area contributed by atoms with Gasteiger partial charge < -0.3 is 0 Å². The molecule has 2 nitrogen and oxygen atoms in total. The average Bonchev–Trinajstić information content (AvgIpc) is 1.61. The van der Waals surface area contributed by atoms with Gasteiger partial charge in [-0.2, -0.15) is 13.2 Å². The van der Waals surface area contributed by atoms with Gasteiger partial charge in [-0.1, -0.05) is 6.92 Å². The van der Waals surface area contributed by atoms with Gasteiger partial charge in [0.2, 0.25) is 9.84 Å². The van der Waals surface area contributed by atoms with Crippen molar-refractivity contribution >= 4 is 9.84 Å². The third kappa shape index (κ3) is 2.17. The molecule has 61 valence electrons. The van der Waals surface area contributed by atoms with Crippen LogP contribution >= 0.6 is 0 Å². The van der Waals surface area contributed by atoms with Crippen LogP contribution in [0.5, 0.6) is 0 Å². The highest BCUT2D eigenvalue weighted by Crippen LogP contribution is 2.23. The van der Waals surface area contributed by atoms with Crippen molar-refractivity contribution in [3.8, 4) is 0 Å². The van der Waals surface area contributed by atoms with E-state index in [0.717, 1.165) is 0 Å². The Morgan fingerprint density at radius 1 is 1.30 bits per heavy atom. The van der Waals surface area contributed by atoms with Gasteiger partial charge >= 0.3 is 5.51 Å². The fourth-order valence-electron chi connectivity index (χ4n) is 0.306. The minimum absolute atomic E-state index is 0.262. The molecule has 0 aliphatic carbocycles. The second-order valence-electron chi connectivity index (χ2n) is 1.62. The summed E-state index contributed by atoms with van der Waals surface area (Å²) >= 11 is 0. The molecule has 1 radical (unpaired) electrons. The SMILES string of the molecule is [CH2]CCS(=O)(=O)C(F)(F)F.